The smallest absolute Gasteiger partial charge is 0.164 e. The molecule has 11 rings (SSSR count). The number of rotatable bonds is 6. The molecular formula is C51H32N4S. The van der Waals surface area contributed by atoms with Gasteiger partial charge < -0.3 is 4.57 Å². The molecular weight excluding hydrogens is 701 g/mol. The normalized spacial score (nSPS) is 11.6. The van der Waals surface area contributed by atoms with Gasteiger partial charge in [0.25, 0.3) is 0 Å². The molecule has 0 spiro atoms. The molecule has 0 aliphatic carbocycles. The number of nitrogens with zero attached hydrogens (tertiary/aromatic N) is 4. The van der Waals surface area contributed by atoms with Crippen molar-refractivity contribution < 1.29 is 0 Å². The van der Waals surface area contributed by atoms with Crippen LogP contribution in [0.2, 0.25) is 0 Å². The lowest BCUT2D eigenvalue weighted by Crippen LogP contribution is -2.03. The third-order valence-corrected chi connectivity index (χ3v) is 11.9. The number of hydrogen-bond donors (Lipinski definition) is 0. The topological polar surface area (TPSA) is 43.6 Å². The summed E-state index contributed by atoms with van der Waals surface area (Å²) in [7, 11) is 0. The van der Waals surface area contributed by atoms with Crippen LogP contribution in [-0.2, 0) is 0 Å². The average molecular weight is 733 g/mol. The summed E-state index contributed by atoms with van der Waals surface area (Å²) >= 11 is 1.83. The quantitative estimate of drug-likeness (QED) is 0.171. The third kappa shape index (κ3) is 5.32. The van der Waals surface area contributed by atoms with E-state index >= 15 is 0 Å². The minimum Gasteiger partial charge on any atom is -0.309 e. The molecule has 8 aromatic carbocycles. The Morgan fingerprint density at radius 2 is 0.875 bits per heavy atom. The van der Waals surface area contributed by atoms with Gasteiger partial charge in [0.15, 0.2) is 17.5 Å². The second-order valence-corrected chi connectivity index (χ2v) is 15.0. The molecule has 0 fully saturated rings. The van der Waals surface area contributed by atoms with E-state index in [-0.39, 0.29) is 0 Å². The van der Waals surface area contributed by atoms with Crippen LogP contribution in [0.15, 0.2) is 194 Å². The van der Waals surface area contributed by atoms with Crippen molar-refractivity contribution in [3.63, 3.8) is 0 Å². The maximum atomic E-state index is 5.33. The van der Waals surface area contributed by atoms with Crippen molar-refractivity contribution in [2.45, 2.75) is 0 Å². The Morgan fingerprint density at radius 3 is 1.61 bits per heavy atom. The molecule has 5 heteroatoms. The molecule has 0 unspecified atom stereocenters. The van der Waals surface area contributed by atoms with Crippen molar-refractivity contribution >= 4 is 53.3 Å². The van der Waals surface area contributed by atoms with Gasteiger partial charge in [0.05, 0.1) is 16.7 Å². The van der Waals surface area contributed by atoms with Gasteiger partial charge in [-0.2, -0.15) is 0 Å². The lowest BCUT2D eigenvalue weighted by atomic mass is 9.97. The first-order chi connectivity index (χ1) is 27.8. The Labute approximate surface area is 327 Å². The molecule has 56 heavy (non-hydrogen) atoms. The van der Waals surface area contributed by atoms with Gasteiger partial charge in [0.1, 0.15) is 0 Å². The fourth-order valence-corrected chi connectivity index (χ4v) is 9.34. The lowest BCUT2D eigenvalue weighted by molar-refractivity contribution is 1.07. The summed E-state index contributed by atoms with van der Waals surface area (Å²) in [6.45, 7) is 0. The standard InChI is InChI=1S/C51H32N4S/c1-3-16-33(17-4-1)36-31-30-35(32-46(36)55-44-27-12-9-21-38(44)39-22-10-13-28-45(39)55)50-52-49(34-18-5-2-6-19-34)53-51(54-50)43-24-8-7-20-37(43)41-25-15-26-42-40-23-11-14-29-47(40)56-48(41)42/h1-32H. The third-order valence-electron chi connectivity index (χ3n) is 10.7. The average Bonchev–Trinajstić information content (AvgIpc) is 3.83. The molecule has 0 saturated heterocycles. The number of thiophene rings is 1. The van der Waals surface area contributed by atoms with Crippen molar-refractivity contribution in [2.75, 3.05) is 0 Å². The first kappa shape index (κ1) is 32.2. The highest BCUT2D eigenvalue weighted by molar-refractivity contribution is 7.26. The molecule has 0 saturated carbocycles. The van der Waals surface area contributed by atoms with Crippen LogP contribution in [-0.4, -0.2) is 19.5 Å². The Bertz CT molecular complexity index is 3200. The maximum Gasteiger partial charge on any atom is 0.164 e. The number of benzene rings is 8. The van der Waals surface area contributed by atoms with Gasteiger partial charge in [-0.15, -0.1) is 11.3 Å². The molecule has 0 N–H and O–H groups in total. The van der Waals surface area contributed by atoms with Crippen LogP contribution in [0.3, 0.4) is 0 Å². The van der Waals surface area contributed by atoms with E-state index in [0.717, 1.165) is 50.1 Å². The highest BCUT2D eigenvalue weighted by atomic mass is 32.1. The number of fused-ring (bicyclic) bond motifs is 6. The van der Waals surface area contributed by atoms with Gasteiger partial charge in [-0.1, -0.05) is 170 Å². The molecule has 3 heterocycles. The van der Waals surface area contributed by atoms with Crippen LogP contribution in [0.25, 0.3) is 104 Å². The van der Waals surface area contributed by atoms with E-state index < -0.39 is 0 Å². The highest BCUT2D eigenvalue weighted by Gasteiger charge is 2.21. The fraction of sp³-hybridized carbons (Fsp3) is 0. The zero-order valence-electron chi connectivity index (χ0n) is 30.2. The van der Waals surface area contributed by atoms with E-state index in [0.29, 0.717) is 17.5 Å². The van der Waals surface area contributed by atoms with E-state index in [9.17, 15) is 0 Å². The number of aromatic nitrogens is 4. The summed E-state index contributed by atoms with van der Waals surface area (Å²) in [4.78, 5) is 15.7. The lowest BCUT2D eigenvalue weighted by Gasteiger charge is -2.17. The minimum absolute atomic E-state index is 0.616. The van der Waals surface area contributed by atoms with Crippen molar-refractivity contribution in [3.05, 3.63) is 194 Å². The first-order valence-corrected chi connectivity index (χ1v) is 19.6. The summed E-state index contributed by atoms with van der Waals surface area (Å²) in [5, 5.41) is 4.96. The highest BCUT2D eigenvalue weighted by Crippen LogP contribution is 2.43. The Balaban J connectivity index is 1.16. The second-order valence-electron chi connectivity index (χ2n) is 14.0. The van der Waals surface area contributed by atoms with E-state index in [4.69, 9.17) is 15.0 Å². The van der Waals surface area contributed by atoms with Gasteiger partial charge in [-0.3, -0.25) is 0 Å². The van der Waals surface area contributed by atoms with Crippen LogP contribution >= 0.6 is 11.3 Å². The second kappa shape index (κ2) is 13.3. The summed E-state index contributed by atoms with van der Waals surface area (Å²) in [6, 6.07) is 68.5. The zero-order chi connectivity index (χ0) is 37.0. The molecule has 11 aromatic rings. The molecule has 0 amide bonds. The largest absolute Gasteiger partial charge is 0.309 e. The molecule has 0 aliphatic heterocycles. The maximum absolute atomic E-state index is 5.33. The predicted molar refractivity (Wildman–Crippen MR) is 234 cm³/mol. The van der Waals surface area contributed by atoms with E-state index in [1.165, 1.54) is 36.5 Å². The summed E-state index contributed by atoms with van der Waals surface area (Å²) in [5.41, 5.74) is 10.7. The van der Waals surface area contributed by atoms with Crippen LogP contribution in [0.4, 0.5) is 0 Å². The molecule has 0 aliphatic rings. The predicted octanol–water partition coefficient (Wildman–Crippen LogP) is 13.7. The van der Waals surface area contributed by atoms with E-state index in [1.54, 1.807) is 0 Å². The zero-order valence-corrected chi connectivity index (χ0v) is 31.0. The van der Waals surface area contributed by atoms with Crippen LogP contribution in [0.1, 0.15) is 0 Å². The Morgan fingerprint density at radius 1 is 0.339 bits per heavy atom. The fourth-order valence-electron chi connectivity index (χ4n) is 8.11. The van der Waals surface area contributed by atoms with Crippen molar-refractivity contribution in [2.24, 2.45) is 0 Å². The summed E-state index contributed by atoms with van der Waals surface area (Å²) < 4.78 is 4.92. The SMILES string of the molecule is c1ccc(-c2nc(-c3ccc(-c4ccccc4)c(-n4c5ccccc5c5ccccc54)c3)nc(-c3ccccc3-c3cccc4c3sc3ccccc34)n2)cc1. The minimum atomic E-state index is 0.616. The molecule has 0 radical (unpaired) electrons. The van der Waals surface area contributed by atoms with Crippen molar-refractivity contribution in [1.82, 2.24) is 19.5 Å². The van der Waals surface area contributed by atoms with Gasteiger partial charge in [0, 0.05) is 58.8 Å². The number of para-hydroxylation sites is 2. The Kier molecular flexibility index (Phi) is 7.64. The monoisotopic (exact) mass is 732 g/mol. The van der Waals surface area contributed by atoms with Crippen LogP contribution < -0.4 is 0 Å². The van der Waals surface area contributed by atoms with Crippen molar-refractivity contribution in [3.8, 4) is 62.1 Å². The summed E-state index contributed by atoms with van der Waals surface area (Å²) in [5.74, 6) is 1.88. The van der Waals surface area contributed by atoms with E-state index in [1.807, 2.05) is 29.5 Å². The molecule has 4 nitrogen and oxygen atoms in total. The molecule has 3 aromatic heterocycles. The van der Waals surface area contributed by atoms with Gasteiger partial charge in [-0.05, 0) is 35.4 Å². The van der Waals surface area contributed by atoms with Crippen LogP contribution in [0.5, 0.6) is 0 Å². The summed E-state index contributed by atoms with van der Waals surface area (Å²) in [6.07, 6.45) is 0. The van der Waals surface area contributed by atoms with Gasteiger partial charge in [0.2, 0.25) is 0 Å². The number of hydrogen-bond acceptors (Lipinski definition) is 4. The first-order valence-electron chi connectivity index (χ1n) is 18.8. The van der Waals surface area contributed by atoms with Gasteiger partial charge in [-0.25, -0.2) is 15.0 Å². The van der Waals surface area contributed by atoms with Crippen molar-refractivity contribution in [1.29, 1.82) is 0 Å². The van der Waals surface area contributed by atoms with E-state index in [2.05, 4.69) is 180 Å². The van der Waals surface area contributed by atoms with Gasteiger partial charge >= 0.3 is 0 Å². The Hall–Kier alpha value is -7.21. The van der Waals surface area contributed by atoms with Crippen LogP contribution in [0, 0.1) is 0 Å². The molecule has 0 bridgehead atoms. The molecule has 262 valence electrons. The molecule has 0 atom stereocenters.